The molecule has 1 unspecified atom stereocenters. The Morgan fingerprint density at radius 3 is 2.85 bits per heavy atom. The van der Waals surface area contributed by atoms with E-state index in [0.29, 0.717) is 0 Å². The van der Waals surface area contributed by atoms with E-state index >= 15 is 0 Å². The van der Waals surface area contributed by atoms with Gasteiger partial charge in [-0.25, -0.2) is 4.98 Å². The number of pyridine rings is 1. The zero-order valence-corrected chi connectivity index (χ0v) is 11.5. The Hall–Kier alpha value is -1.65. The molecule has 1 saturated heterocycles. The Morgan fingerprint density at radius 2 is 2.05 bits per heavy atom. The number of hydrogen-bond acceptors (Lipinski definition) is 4. The van der Waals surface area contributed by atoms with Gasteiger partial charge in [0.25, 0.3) is 0 Å². The third kappa shape index (κ3) is 2.37. The van der Waals surface area contributed by atoms with E-state index in [2.05, 4.69) is 4.90 Å². The fourth-order valence-corrected chi connectivity index (χ4v) is 2.98. The Morgan fingerprint density at radius 1 is 1.20 bits per heavy atom. The van der Waals surface area contributed by atoms with E-state index in [0.717, 1.165) is 48.1 Å². The molecule has 4 heteroatoms. The number of aromatic nitrogens is 1. The van der Waals surface area contributed by atoms with Gasteiger partial charge in [-0.1, -0.05) is 18.2 Å². The minimum atomic E-state index is -0.0260. The lowest BCUT2D eigenvalue weighted by Crippen LogP contribution is -2.42. The lowest BCUT2D eigenvalue weighted by atomic mass is 10.0. The summed E-state index contributed by atoms with van der Waals surface area (Å²) in [6.45, 7) is 1.00. The molecular formula is C16H20N2O2. The molecule has 1 atom stereocenters. The predicted molar refractivity (Wildman–Crippen MR) is 79.7 cm³/mol. The minimum absolute atomic E-state index is 0.0260. The van der Waals surface area contributed by atoms with Crippen LogP contribution in [0.5, 0.6) is 0 Å². The fraction of sp³-hybridized carbons (Fsp3) is 0.438. The third-order valence-corrected chi connectivity index (χ3v) is 4.06. The summed E-state index contributed by atoms with van der Waals surface area (Å²) in [6, 6.07) is 10.0. The van der Waals surface area contributed by atoms with Gasteiger partial charge in [0, 0.05) is 17.5 Å². The lowest BCUT2D eigenvalue weighted by molar-refractivity contribution is 0.238. The summed E-state index contributed by atoms with van der Waals surface area (Å²) in [5.41, 5.74) is 1.77. The molecule has 0 saturated carbocycles. The smallest absolute Gasteiger partial charge is 0.135 e. The second-order valence-electron chi connectivity index (χ2n) is 5.35. The van der Waals surface area contributed by atoms with E-state index in [-0.39, 0.29) is 19.3 Å². The van der Waals surface area contributed by atoms with Crippen LogP contribution in [0.25, 0.3) is 10.9 Å². The van der Waals surface area contributed by atoms with Crippen LogP contribution in [-0.4, -0.2) is 34.4 Å². The second-order valence-corrected chi connectivity index (χ2v) is 5.35. The second kappa shape index (κ2) is 5.77. The first-order chi connectivity index (χ1) is 9.83. The van der Waals surface area contributed by atoms with Gasteiger partial charge in [0.2, 0.25) is 0 Å². The summed E-state index contributed by atoms with van der Waals surface area (Å²) in [7, 11) is 0. The Balaban J connectivity index is 2.08. The van der Waals surface area contributed by atoms with Gasteiger partial charge >= 0.3 is 0 Å². The predicted octanol–water partition coefficient (Wildman–Crippen LogP) is 2.08. The van der Waals surface area contributed by atoms with E-state index in [9.17, 15) is 10.2 Å². The number of hydrogen-bond donors (Lipinski definition) is 2. The SMILES string of the molecule is OCc1cc2ccccc2nc1N1CCCCC1CO. The fourth-order valence-electron chi connectivity index (χ4n) is 2.98. The first-order valence-electron chi connectivity index (χ1n) is 7.20. The van der Waals surface area contributed by atoms with Crippen LogP contribution in [0, 0.1) is 0 Å². The van der Waals surface area contributed by atoms with E-state index in [4.69, 9.17) is 4.98 Å². The molecular weight excluding hydrogens is 252 g/mol. The normalized spacial score (nSPS) is 19.5. The Labute approximate surface area is 118 Å². The standard InChI is InChI=1S/C16H20N2O2/c19-10-13-9-12-5-1-2-7-15(12)17-16(13)18-8-4-3-6-14(18)11-20/h1-2,5,7,9,14,19-20H,3-4,6,8,10-11H2. The van der Waals surface area contributed by atoms with Crippen molar-refractivity contribution >= 4 is 16.7 Å². The molecule has 2 heterocycles. The molecule has 2 N–H and O–H groups in total. The summed E-state index contributed by atoms with van der Waals surface area (Å²) in [5, 5.41) is 20.2. The van der Waals surface area contributed by atoms with Crippen LogP contribution in [0.4, 0.5) is 5.82 Å². The zero-order valence-electron chi connectivity index (χ0n) is 11.5. The molecule has 20 heavy (non-hydrogen) atoms. The molecule has 0 amide bonds. The van der Waals surface area contributed by atoms with E-state index in [1.807, 2.05) is 30.3 Å². The van der Waals surface area contributed by atoms with Gasteiger partial charge in [-0.15, -0.1) is 0 Å². The van der Waals surface area contributed by atoms with Crippen molar-refractivity contribution in [2.75, 3.05) is 18.1 Å². The van der Waals surface area contributed by atoms with Crippen LogP contribution < -0.4 is 4.90 Å². The Bertz CT molecular complexity index is 600. The number of anilines is 1. The molecule has 1 aromatic heterocycles. The zero-order chi connectivity index (χ0) is 13.9. The van der Waals surface area contributed by atoms with Gasteiger partial charge in [-0.3, -0.25) is 0 Å². The lowest BCUT2D eigenvalue weighted by Gasteiger charge is -2.36. The van der Waals surface area contributed by atoms with Crippen LogP contribution >= 0.6 is 0 Å². The van der Waals surface area contributed by atoms with Crippen LogP contribution in [-0.2, 0) is 6.61 Å². The summed E-state index contributed by atoms with van der Waals surface area (Å²) in [5.74, 6) is 0.824. The van der Waals surface area contributed by atoms with E-state index in [1.54, 1.807) is 0 Å². The molecule has 1 aliphatic heterocycles. The molecule has 1 fully saturated rings. The van der Waals surface area contributed by atoms with Crippen molar-refractivity contribution in [3.8, 4) is 0 Å². The van der Waals surface area contributed by atoms with Crippen molar-refractivity contribution in [1.82, 2.24) is 4.98 Å². The number of para-hydroxylation sites is 1. The van der Waals surface area contributed by atoms with Gasteiger partial charge < -0.3 is 15.1 Å². The van der Waals surface area contributed by atoms with Crippen LogP contribution in [0.1, 0.15) is 24.8 Å². The molecule has 0 radical (unpaired) electrons. The highest BCUT2D eigenvalue weighted by molar-refractivity contribution is 5.81. The molecule has 4 nitrogen and oxygen atoms in total. The van der Waals surface area contributed by atoms with Crippen LogP contribution in [0.2, 0.25) is 0 Å². The largest absolute Gasteiger partial charge is 0.394 e. The number of piperidine rings is 1. The molecule has 0 bridgehead atoms. The van der Waals surface area contributed by atoms with Gasteiger partial charge in [0.1, 0.15) is 5.82 Å². The molecule has 106 valence electrons. The highest BCUT2D eigenvalue weighted by atomic mass is 16.3. The van der Waals surface area contributed by atoms with Gasteiger partial charge in [0.05, 0.1) is 24.8 Å². The van der Waals surface area contributed by atoms with Gasteiger partial charge in [-0.05, 0) is 31.4 Å². The quantitative estimate of drug-likeness (QED) is 0.898. The summed E-state index contributed by atoms with van der Waals surface area (Å²) < 4.78 is 0. The first-order valence-corrected chi connectivity index (χ1v) is 7.20. The van der Waals surface area contributed by atoms with E-state index in [1.165, 1.54) is 0 Å². The number of benzene rings is 1. The molecule has 2 aromatic rings. The average Bonchev–Trinajstić information content (AvgIpc) is 2.53. The summed E-state index contributed by atoms with van der Waals surface area (Å²) in [4.78, 5) is 6.88. The maximum Gasteiger partial charge on any atom is 0.135 e. The van der Waals surface area contributed by atoms with Crippen LogP contribution in [0.3, 0.4) is 0 Å². The van der Waals surface area contributed by atoms with Gasteiger partial charge in [-0.2, -0.15) is 0 Å². The molecule has 0 spiro atoms. The monoisotopic (exact) mass is 272 g/mol. The summed E-state index contributed by atoms with van der Waals surface area (Å²) in [6.07, 6.45) is 3.23. The molecule has 3 rings (SSSR count). The van der Waals surface area contributed by atoms with Gasteiger partial charge in [0.15, 0.2) is 0 Å². The number of fused-ring (bicyclic) bond motifs is 1. The molecule has 0 aliphatic carbocycles. The van der Waals surface area contributed by atoms with Crippen molar-refractivity contribution in [1.29, 1.82) is 0 Å². The van der Waals surface area contributed by atoms with Crippen LogP contribution in [0.15, 0.2) is 30.3 Å². The maximum absolute atomic E-state index is 9.64. The van der Waals surface area contributed by atoms with Crippen molar-refractivity contribution in [3.63, 3.8) is 0 Å². The molecule has 1 aromatic carbocycles. The van der Waals surface area contributed by atoms with Crippen molar-refractivity contribution in [2.45, 2.75) is 31.9 Å². The highest BCUT2D eigenvalue weighted by Gasteiger charge is 2.25. The number of aliphatic hydroxyl groups excluding tert-OH is 2. The number of aliphatic hydroxyl groups is 2. The highest BCUT2D eigenvalue weighted by Crippen LogP contribution is 2.29. The van der Waals surface area contributed by atoms with Crippen molar-refractivity contribution in [3.05, 3.63) is 35.9 Å². The number of rotatable bonds is 3. The van der Waals surface area contributed by atoms with Crippen molar-refractivity contribution < 1.29 is 10.2 Å². The third-order valence-electron chi connectivity index (χ3n) is 4.06. The average molecular weight is 272 g/mol. The number of nitrogens with zero attached hydrogens (tertiary/aromatic N) is 2. The first kappa shape index (κ1) is 13.3. The minimum Gasteiger partial charge on any atom is -0.394 e. The maximum atomic E-state index is 9.64. The Kier molecular flexibility index (Phi) is 3.85. The van der Waals surface area contributed by atoms with E-state index < -0.39 is 0 Å². The summed E-state index contributed by atoms with van der Waals surface area (Å²) >= 11 is 0. The molecule has 1 aliphatic rings. The topological polar surface area (TPSA) is 56.6 Å². The van der Waals surface area contributed by atoms with Crippen molar-refractivity contribution in [2.24, 2.45) is 0 Å².